The average molecular weight is 282 g/mol. The first kappa shape index (κ1) is 14.0. The lowest BCUT2D eigenvalue weighted by Crippen LogP contribution is -2.33. The summed E-state index contributed by atoms with van der Waals surface area (Å²) in [5, 5.41) is 3.11. The molecule has 0 aromatic heterocycles. The van der Waals surface area contributed by atoms with Crippen LogP contribution in [-0.2, 0) is 13.0 Å². The summed E-state index contributed by atoms with van der Waals surface area (Å²) in [6.07, 6.45) is 1.15. The molecule has 3 rings (SSSR count). The molecule has 3 nitrogen and oxygen atoms in total. The second kappa shape index (κ2) is 6.64. The highest BCUT2D eigenvalue weighted by molar-refractivity contribution is 5.45. The van der Waals surface area contributed by atoms with Gasteiger partial charge < -0.3 is 10.1 Å². The van der Waals surface area contributed by atoms with Crippen LogP contribution in [0.3, 0.4) is 0 Å². The van der Waals surface area contributed by atoms with Crippen LogP contribution < -0.4 is 10.1 Å². The van der Waals surface area contributed by atoms with Gasteiger partial charge in [-0.25, -0.2) is 0 Å². The molecule has 0 fully saturated rings. The fourth-order valence-electron chi connectivity index (χ4n) is 2.76. The first-order chi connectivity index (χ1) is 10.3. The molecule has 0 bridgehead atoms. The van der Waals surface area contributed by atoms with Crippen LogP contribution in [0.5, 0.6) is 5.75 Å². The summed E-state index contributed by atoms with van der Waals surface area (Å²) in [6, 6.07) is 16.8. The van der Waals surface area contributed by atoms with E-state index in [2.05, 4.69) is 34.5 Å². The maximum Gasteiger partial charge on any atom is 0.119 e. The molecule has 3 heteroatoms. The quantitative estimate of drug-likeness (QED) is 0.911. The van der Waals surface area contributed by atoms with Crippen molar-refractivity contribution >= 4 is 5.69 Å². The summed E-state index contributed by atoms with van der Waals surface area (Å²) >= 11 is 0. The Balaban J connectivity index is 1.48. The van der Waals surface area contributed by atoms with E-state index in [-0.39, 0.29) is 0 Å². The molecule has 0 radical (unpaired) electrons. The van der Waals surface area contributed by atoms with Crippen LogP contribution in [0, 0.1) is 0 Å². The Bertz CT molecular complexity index is 580. The van der Waals surface area contributed by atoms with Crippen LogP contribution in [0.1, 0.15) is 11.1 Å². The van der Waals surface area contributed by atoms with Crippen molar-refractivity contribution in [3.05, 3.63) is 59.7 Å². The highest BCUT2D eigenvalue weighted by Gasteiger charge is 2.15. The smallest absolute Gasteiger partial charge is 0.119 e. The molecule has 1 aliphatic heterocycles. The zero-order chi connectivity index (χ0) is 14.5. The number of ether oxygens (including phenoxy) is 1. The van der Waals surface area contributed by atoms with Gasteiger partial charge in [0.2, 0.25) is 0 Å². The molecule has 0 amide bonds. The van der Waals surface area contributed by atoms with Gasteiger partial charge in [0.05, 0.1) is 0 Å². The number of benzene rings is 2. The predicted octanol–water partition coefficient (Wildman–Crippen LogP) is 3.17. The van der Waals surface area contributed by atoms with Gasteiger partial charge in [0.15, 0.2) is 0 Å². The van der Waals surface area contributed by atoms with E-state index in [0.29, 0.717) is 0 Å². The summed E-state index contributed by atoms with van der Waals surface area (Å²) in [6.45, 7) is 3.88. The molecule has 1 N–H and O–H groups in total. The standard InChI is InChI=1S/C18H22N2O/c1-19-17-6-8-18(9-7-17)21-13-12-20-11-10-15-4-2-3-5-16(15)14-20/h2-9,19H,10-14H2,1H3. The van der Waals surface area contributed by atoms with E-state index in [1.54, 1.807) is 0 Å². The molecule has 1 heterocycles. The lowest BCUT2D eigenvalue weighted by Gasteiger charge is -2.28. The minimum absolute atomic E-state index is 0.737. The molecule has 0 saturated carbocycles. The minimum Gasteiger partial charge on any atom is -0.492 e. The molecule has 0 unspecified atom stereocenters. The second-order valence-corrected chi connectivity index (χ2v) is 5.42. The maximum absolute atomic E-state index is 5.83. The van der Waals surface area contributed by atoms with Crippen LogP contribution in [0.15, 0.2) is 48.5 Å². The van der Waals surface area contributed by atoms with Crippen LogP contribution in [0.4, 0.5) is 5.69 Å². The van der Waals surface area contributed by atoms with Gasteiger partial charge in [-0.3, -0.25) is 4.90 Å². The SMILES string of the molecule is CNc1ccc(OCCN2CCc3ccccc3C2)cc1. The normalized spacial score (nSPS) is 14.5. The highest BCUT2D eigenvalue weighted by Crippen LogP contribution is 2.19. The largest absolute Gasteiger partial charge is 0.492 e. The first-order valence-corrected chi connectivity index (χ1v) is 7.55. The van der Waals surface area contributed by atoms with Gasteiger partial charge in [0.25, 0.3) is 0 Å². The zero-order valence-electron chi connectivity index (χ0n) is 12.5. The van der Waals surface area contributed by atoms with Gasteiger partial charge in [0.1, 0.15) is 12.4 Å². The maximum atomic E-state index is 5.83. The molecule has 2 aromatic carbocycles. The van der Waals surface area contributed by atoms with Crippen molar-refractivity contribution in [2.45, 2.75) is 13.0 Å². The molecular formula is C18H22N2O. The summed E-state index contributed by atoms with van der Waals surface area (Å²) in [4.78, 5) is 2.46. The van der Waals surface area contributed by atoms with E-state index in [9.17, 15) is 0 Å². The molecule has 0 saturated heterocycles. The lowest BCUT2D eigenvalue weighted by molar-refractivity contribution is 0.196. The molecule has 0 spiro atoms. The molecule has 0 aliphatic carbocycles. The molecule has 0 atom stereocenters. The average Bonchev–Trinajstić information content (AvgIpc) is 2.55. The fraction of sp³-hybridized carbons (Fsp3) is 0.333. The summed E-state index contributed by atoms with van der Waals surface area (Å²) in [7, 11) is 1.92. The Kier molecular flexibility index (Phi) is 4.41. The third-order valence-corrected chi connectivity index (χ3v) is 4.03. The van der Waals surface area contributed by atoms with E-state index in [1.807, 2.05) is 31.3 Å². The van der Waals surface area contributed by atoms with Gasteiger partial charge in [-0.05, 0) is 41.8 Å². The first-order valence-electron chi connectivity index (χ1n) is 7.55. The van der Waals surface area contributed by atoms with Crippen molar-refractivity contribution in [3.8, 4) is 5.75 Å². The Labute approximate surface area is 126 Å². The summed E-state index contributed by atoms with van der Waals surface area (Å²) in [5.74, 6) is 0.936. The van der Waals surface area contributed by atoms with Gasteiger partial charge in [-0.15, -0.1) is 0 Å². The number of hydrogen-bond acceptors (Lipinski definition) is 3. The van der Waals surface area contributed by atoms with Crippen molar-refractivity contribution in [2.24, 2.45) is 0 Å². The number of fused-ring (bicyclic) bond motifs is 1. The van der Waals surface area contributed by atoms with E-state index < -0.39 is 0 Å². The predicted molar refractivity (Wildman–Crippen MR) is 86.9 cm³/mol. The Hall–Kier alpha value is -2.00. The molecule has 1 aliphatic rings. The zero-order valence-corrected chi connectivity index (χ0v) is 12.5. The summed E-state index contributed by atoms with van der Waals surface area (Å²) in [5.41, 5.74) is 4.06. The van der Waals surface area contributed by atoms with E-state index in [0.717, 1.165) is 44.1 Å². The number of nitrogens with one attached hydrogen (secondary N) is 1. The minimum atomic E-state index is 0.737. The van der Waals surface area contributed by atoms with Gasteiger partial charge >= 0.3 is 0 Å². The monoisotopic (exact) mass is 282 g/mol. The number of hydrogen-bond donors (Lipinski definition) is 1. The molecule has 2 aromatic rings. The molecular weight excluding hydrogens is 260 g/mol. The van der Waals surface area contributed by atoms with Crippen molar-refractivity contribution in [1.82, 2.24) is 4.90 Å². The Morgan fingerprint density at radius 2 is 1.81 bits per heavy atom. The third kappa shape index (κ3) is 3.56. The molecule has 110 valence electrons. The second-order valence-electron chi connectivity index (χ2n) is 5.42. The highest BCUT2D eigenvalue weighted by atomic mass is 16.5. The lowest BCUT2D eigenvalue weighted by atomic mass is 10.0. The Morgan fingerprint density at radius 1 is 1.05 bits per heavy atom. The Morgan fingerprint density at radius 3 is 2.57 bits per heavy atom. The number of anilines is 1. The topological polar surface area (TPSA) is 24.5 Å². The van der Waals surface area contributed by atoms with Crippen LogP contribution in [-0.4, -0.2) is 31.6 Å². The van der Waals surface area contributed by atoms with E-state index in [1.165, 1.54) is 11.1 Å². The van der Waals surface area contributed by atoms with Gasteiger partial charge in [-0.1, -0.05) is 24.3 Å². The van der Waals surface area contributed by atoms with Crippen molar-refractivity contribution in [1.29, 1.82) is 0 Å². The van der Waals surface area contributed by atoms with Crippen LogP contribution in [0.25, 0.3) is 0 Å². The van der Waals surface area contributed by atoms with Crippen molar-refractivity contribution in [2.75, 3.05) is 32.1 Å². The molecule has 21 heavy (non-hydrogen) atoms. The van der Waals surface area contributed by atoms with E-state index in [4.69, 9.17) is 4.74 Å². The van der Waals surface area contributed by atoms with Gasteiger partial charge in [0, 0.05) is 32.4 Å². The number of nitrogens with zero attached hydrogens (tertiary/aromatic N) is 1. The van der Waals surface area contributed by atoms with Crippen LogP contribution >= 0.6 is 0 Å². The third-order valence-electron chi connectivity index (χ3n) is 4.03. The van der Waals surface area contributed by atoms with Crippen molar-refractivity contribution < 1.29 is 4.74 Å². The fourth-order valence-corrected chi connectivity index (χ4v) is 2.76. The summed E-state index contributed by atoms with van der Waals surface area (Å²) < 4.78 is 5.83. The van der Waals surface area contributed by atoms with Crippen LogP contribution in [0.2, 0.25) is 0 Å². The van der Waals surface area contributed by atoms with E-state index >= 15 is 0 Å². The number of rotatable bonds is 5. The van der Waals surface area contributed by atoms with Crippen molar-refractivity contribution in [3.63, 3.8) is 0 Å². The van der Waals surface area contributed by atoms with Gasteiger partial charge in [-0.2, -0.15) is 0 Å².